The largest absolute Gasteiger partial charge is 0.320 e. The van der Waals surface area contributed by atoms with Crippen molar-refractivity contribution in [3.8, 4) is 0 Å². The van der Waals surface area contributed by atoms with Gasteiger partial charge in [0.1, 0.15) is 5.15 Å². The molecule has 60 valence electrons. The molecular formula is C7H8Cl2N2. The van der Waals surface area contributed by atoms with E-state index in [0.29, 0.717) is 10.3 Å². The minimum Gasteiger partial charge on any atom is -0.320 e. The van der Waals surface area contributed by atoms with Gasteiger partial charge in [-0.15, -0.1) is 0 Å². The number of hydrogen-bond acceptors (Lipinski definition) is 1. The number of imidazole rings is 1. The van der Waals surface area contributed by atoms with Crippen LogP contribution in [-0.2, 0) is 6.54 Å². The van der Waals surface area contributed by atoms with Gasteiger partial charge >= 0.3 is 0 Å². The van der Waals surface area contributed by atoms with E-state index >= 15 is 0 Å². The fourth-order valence-electron chi connectivity index (χ4n) is 1.05. The average Bonchev–Trinajstić information content (AvgIpc) is 2.74. The summed E-state index contributed by atoms with van der Waals surface area (Å²) < 4.78 is 1.90. The smallest absolute Gasteiger partial charge is 0.166 e. The van der Waals surface area contributed by atoms with Crippen molar-refractivity contribution in [2.24, 2.45) is 5.92 Å². The number of rotatable bonds is 2. The summed E-state index contributed by atoms with van der Waals surface area (Å²) in [7, 11) is 0. The summed E-state index contributed by atoms with van der Waals surface area (Å²) in [5.74, 6) is 0.803. The van der Waals surface area contributed by atoms with Crippen molar-refractivity contribution in [3.05, 3.63) is 16.6 Å². The lowest BCUT2D eigenvalue weighted by molar-refractivity contribution is 0.627. The zero-order valence-corrected chi connectivity index (χ0v) is 7.44. The van der Waals surface area contributed by atoms with Crippen LogP contribution in [0.15, 0.2) is 6.33 Å². The maximum absolute atomic E-state index is 5.85. The Hall–Kier alpha value is -0.210. The van der Waals surface area contributed by atoms with Crippen LogP contribution in [0, 0.1) is 5.92 Å². The summed E-state index contributed by atoms with van der Waals surface area (Å²) in [6.45, 7) is 0.971. The molecule has 0 spiro atoms. The van der Waals surface area contributed by atoms with E-state index in [1.807, 2.05) is 4.57 Å². The van der Waals surface area contributed by atoms with Crippen LogP contribution in [0.2, 0.25) is 10.3 Å². The van der Waals surface area contributed by atoms with Crippen molar-refractivity contribution in [1.82, 2.24) is 9.55 Å². The monoisotopic (exact) mass is 190 g/mol. The Balaban J connectivity index is 2.15. The average molecular weight is 191 g/mol. The first-order chi connectivity index (χ1) is 5.27. The summed E-state index contributed by atoms with van der Waals surface area (Å²) in [6.07, 6.45) is 4.32. The number of halogens is 2. The fourth-order valence-corrected chi connectivity index (χ4v) is 1.36. The van der Waals surface area contributed by atoms with E-state index < -0.39 is 0 Å². The Kier molecular flexibility index (Phi) is 1.81. The molecule has 1 aromatic heterocycles. The van der Waals surface area contributed by atoms with Gasteiger partial charge in [0.2, 0.25) is 0 Å². The zero-order chi connectivity index (χ0) is 7.84. The predicted molar refractivity (Wildman–Crippen MR) is 45.0 cm³/mol. The zero-order valence-electron chi connectivity index (χ0n) is 5.93. The molecule has 0 atom stereocenters. The van der Waals surface area contributed by atoms with Crippen molar-refractivity contribution in [3.63, 3.8) is 0 Å². The molecule has 0 aromatic carbocycles. The van der Waals surface area contributed by atoms with Crippen molar-refractivity contribution in [2.75, 3.05) is 0 Å². The van der Waals surface area contributed by atoms with E-state index in [1.54, 1.807) is 6.33 Å². The molecule has 2 nitrogen and oxygen atoms in total. The third-order valence-electron chi connectivity index (χ3n) is 1.88. The van der Waals surface area contributed by atoms with Gasteiger partial charge in [-0.25, -0.2) is 4.98 Å². The van der Waals surface area contributed by atoms with Crippen molar-refractivity contribution < 1.29 is 0 Å². The molecule has 1 aromatic rings. The van der Waals surface area contributed by atoms with Gasteiger partial charge in [0.05, 0.1) is 6.33 Å². The van der Waals surface area contributed by atoms with Crippen LogP contribution in [0.5, 0.6) is 0 Å². The van der Waals surface area contributed by atoms with Crippen LogP contribution < -0.4 is 0 Å². The summed E-state index contributed by atoms with van der Waals surface area (Å²) in [5.41, 5.74) is 0. The molecule has 11 heavy (non-hydrogen) atoms. The van der Waals surface area contributed by atoms with Crippen LogP contribution in [0.1, 0.15) is 12.8 Å². The van der Waals surface area contributed by atoms with E-state index in [2.05, 4.69) is 4.98 Å². The van der Waals surface area contributed by atoms with Crippen LogP contribution >= 0.6 is 23.2 Å². The van der Waals surface area contributed by atoms with Gasteiger partial charge in [0.15, 0.2) is 5.15 Å². The molecule has 0 aliphatic heterocycles. The van der Waals surface area contributed by atoms with Gasteiger partial charge in [-0.3, -0.25) is 0 Å². The molecule has 4 heteroatoms. The maximum atomic E-state index is 5.85. The van der Waals surface area contributed by atoms with Gasteiger partial charge in [-0.1, -0.05) is 23.2 Å². The molecule has 1 aliphatic rings. The minimum atomic E-state index is 0.410. The van der Waals surface area contributed by atoms with E-state index in [9.17, 15) is 0 Å². The van der Waals surface area contributed by atoms with Crippen molar-refractivity contribution >= 4 is 23.2 Å². The van der Waals surface area contributed by atoms with Crippen LogP contribution in [0.25, 0.3) is 0 Å². The minimum absolute atomic E-state index is 0.410. The third kappa shape index (κ3) is 1.52. The van der Waals surface area contributed by atoms with Gasteiger partial charge in [-0.2, -0.15) is 0 Å². The summed E-state index contributed by atoms with van der Waals surface area (Å²) in [6, 6.07) is 0. The molecule has 0 N–H and O–H groups in total. The standard InChI is InChI=1S/C7H8Cl2N2/c8-6-7(9)11(4-10-6)3-5-1-2-5/h4-5H,1-3H2. The number of aromatic nitrogens is 2. The molecule has 0 saturated heterocycles. The number of hydrogen-bond donors (Lipinski definition) is 0. The molecule has 1 heterocycles. The molecule has 1 fully saturated rings. The van der Waals surface area contributed by atoms with Gasteiger partial charge in [-0.05, 0) is 18.8 Å². The molecule has 0 bridgehead atoms. The molecular weight excluding hydrogens is 183 g/mol. The lowest BCUT2D eigenvalue weighted by atomic mass is 10.4. The van der Waals surface area contributed by atoms with Gasteiger partial charge < -0.3 is 4.57 Å². The van der Waals surface area contributed by atoms with Gasteiger partial charge in [0.25, 0.3) is 0 Å². The fraction of sp³-hybridized carbons (Fsp3) is 0.571. The third-order valence-corrected chi connectivity index (χ3v) is 2.65. The maximum Gasteiger partial charge on any atom is 0.166 e. The van der Waals surface area contributed by atoms with E-state index in [1.165, 1.54) is 12.8 Å². The first-order valence-electron chi connectivity index (χ1n) is 3.63. The summed E-state index contributed by atoms with van der Waals surface area (Å²) in [5, 5.41) is 0.978. The molecule has 1 saturated carbocycles. The lowest BCUT2D eigenvalue weighted by Crippen LogP contribution is -1.97. The topological polar surface area (TPSA) is 17.8 Å². The first-order valence-corrected chi connectivity index (χ1v) is 4.39. The molecule has 0 amide bonds. The quantitative estimate of drug-likeness (QED) is 0.702. The Bertz CT molecular complexity index is 265. The normalized spacial score (nSPS) is 17.3. The van der Waals surface area contributed by atoms with Crippen LogP contribution in [-0.4, -0.2) is 9.55 Å². The highest BCUT2D eigenvalue weighted by atomic mass is 35.5. The molecule has 2 rings (SSSR count). The second-order valence-corrected chi connectivity index (χ2v) is 3.64. The van der Waals surface area contributed by atoms with E-state index in [4.69, 9.17) is 23.2 Å². The predicted octanol–water partition coefficient (Wildman–Crippen LogP) is 2.60. The van der Waals surface area contributed by atoms with Crippen molar-refractivity contribution in [1.29, 1.82) is 0 Å². The van der Waals surface area contributed by atoms with Crippen LogP contribution in [0.4, 0.5) is 0 Å². The Morgan fingerprint density at radius 3 is 2.73 bits per heavy atom. The van der Waals surface area contributed by atoms with Crippen LogP contribution in [0.3, 0.4) is 0 Å². The van der Waals surface area contributed by atoms with Gasteiger partial charge in [0, 0.05) is 6.54 Å². The summed E-state index contributed by atoms with van der Waals surface area (Å²) >= 11 is 11.5. The highest BCUT2D eigenvalue weighted by Crippen LogP contribution is 2.32. The second-order valence-electron chi connectivity index (χ2n) is 2.92. The lowest BCUT2D eigenvalue weighted by Gasteiger charge is -1.99. The Morgan fingerprint density at radius 2 is 2.27 bits per heavy atom. The van der Waals surface area contributed by atoms with Crippen molar-refractivity contribution in [2.45, 2.75) is 19.4 Å². The Labute approximate surface area is 75.1 Å². The second kappa shape index (κ2) is 2.68. The highest BCUT2D eigenvalue weighted by Gasteiger charge is 2.22. The Morgan fingerprint density at radius 1 is 1.55 bits per heavy atom. The van der Waals surface area contributed by atoms with E-state index in [-0.39, 0.29) is 0 Å². The summed E-state index contributed by atoms with van der Waals surface area (Å²) in [4.78, 5) is 3.89. The first kappa shape index (κ1) is 7.44. The van der Waals surface area contributed by atoms with E-state index in [0.717, 1.165) is 12.5 Å². The number of nitrogens with zero attached hydrogens (tertiary/aromatic N) is 2. The molecule has 0 unspecified atom stereocenters. The molecule has 1 aliphatic carbocycles. The highest BCUT2D eigenvalue weighted by molar-refractivity contribution is 6.40. The SMILES string of the molecule is Clc1ncn(CC2CC2)c1Cl. The molecule has 0 radical (unpaired) electrons.